The van der Waals surface area contributed by atoms with E-state index in [2.05, 4.69) is 5.32 Å². The Morgan fingerprint density at radius 3 is 2.57 bits per heavy atom. The Bertz CT molecular complexity index is 841. The van der Waals surface area contributed by atoms with E-state index in [1.807, 2.05) is 0 Å². The second-order valence-electron chi connectivity index (χ2n) is 4.76. The van der Waals surface area contributed by atoms with Gasteiger partial charge in [-0.15, -0.1) is 0 Å². The number of anilines is 1. The molecule has 0 fully saturated rings. The monoisotopic (exact) mass is 315 g/mol. The predicted octanol–water partition coefficient (Wildman–Crippen LogP) is 1.60. The van der Waals surface area contributed by atoms with E-state index in [1.165, 1.54) is 6.92 Å². The molecule has 1 aromatic heterocycles. The maximum Gasteiger partial charge on any atom is 0.285 e. The van der Waals surface area contributed by atoms with Crippen molar-refractivity contribution in [3.63, 3.8) is 0 Å². The van der Waals surface area contributed by atoms with Gasteiger partial charge >= 0.3 is 0 Å². The number of pyridine rings is 1. The number of para-hydroxylation sites is 1. The number of carbonyl (C=O) groups excluding carboxylic acids is 2. The Kier molecular flexibility index (Phi) is 4.65. The Balaban J connectivity index is 2.21. The van der Waals surface area contributed by atoms with Crippen LogP contribution >= 0.6 is 0 Å². The average molecular weight is 315 g/mol. The minimum Gasteiger partial charge on any atom is -0.324 e. The molecule has 1 N–H and O–H groups in total. The molecule has 118 valence electrons. The van der Waals surface area contributed by atoms with Crippen LogP contribution in [0.4, 0.5) is 11.4 Å². The van der Waals surface area contributed by atoms with Crippen LogP contribution in [0.3, 0.4) is 0 Å². The highest BCUT2D eigenvalue weighted by molar-refractivity contribution is 6.03. The smallest absolute Gasteiger partial charge is 0.285 e. The van der Waals surface area contributed by atoms with Crippen molar-refractivity contribution in [1.29, 1.82) is 0 Å². The molecule has 0 unspecified atom stereocenters. The van der Waals surface area contributed by atoms with Crippen LogP contribution in [0.15, 0.2) is 47.4 Å². The number of amides is 1. The number of rotatable bonds is 5. The number of Topliss-reactive ketones (excluding diaryl/α,β-unsaturated/α-hetero) is 1. The van der Waals surface area contributed by atoms with Crippen molar-refractivity contribution in [2.45, 2.75) is 13.5 Å². The van der Waals surface area contributed by atoms with Gasteiger partial charge in [-0.25, -0.2) is 0 Å². The summed E-state index contributed by atoms with van der Waals surface area (Å²) in [6.45, 7) is 0.975. The van der Waals surface area contributed by atoms with E-state index in [9.17, 15) is 24.5 Å². The molecule has 0 saturated carbocycles. The fourth-order valence-corrected chi connectivity index (χ4v) is 1.99. The molecular weight excluding hydrogens is 302 g/mol. The SMILES string of the molecule is CC(=O)c1ccccc1NC(=O)Cn1cc([N+](=O)[O-])ccc1=O. The molecule has 0 aliphatic heterocycles. The van der Waals surface area contributed by atoms with Crippen LogP contribution in [-0.2, 0) is 11.3 Å². The van der Waals surface area contributed by atoms with Gasteiger partial charge < -0.3 is 5.32 Å². The summed E-state index contributed by atoms with van der Waals surface area (Å²) in [6.07, 6.45) is 0.999. The largest absolute Gasteiger partial charge is 0.324 e. The molecule has 0 saturated heterocycles. The zero-order chi connectivity index (χ0) is 17.0. The summed E-state index contributed by atoms with van der Waals surface area (Å²) in [5.74, 6) is -0.783. The van der Waals surface area contributed by atoms with E-state index in [1.54, 1.807) is 24.3 Å². The van der Waals surface area contributed by atoms with Gasteiger partial charge in [-0.1, -0.05) is 12.1 Å². The van der Waals surface area contributed by atoms with Crippen molar-refractivity contribution >= 4 is 23.1 Å². The first-order chi connectivity index (χ1) is 10.9. The number of hydrogen-bond donors (Lipinski definition) is 1. The van der Waals surface area contributed by atoms with Crippen LogP contribution < -0.4 is 10.9 Å². The van der Waals surface area contributed by atoms with Crippen LogP contribution in [0, 0.1) is 10.1 Å². The zero-order valence-electron chi connectivity index (χ0n) is 12.2. The third-order valence-corrected chi connectivity index (χ3v) is 3.07. The fourth-order valence-electron chi connectivity index (χ4n) is 1.99. The van der Waals surface area contributed by atoms with Crippen molar-refractivity contribution in [3.05, 3.63) is 68.6 Å². The molecule has 2 aromatic rings. The third kappa shape index (κ3) is 3.88. The normalized spacial score (nSPS) is 10.1. The molecule has 0 bridgehead atoms. The third-order valence-electron chi connectivity index (χ3n) is 3.07. The summed E-state index contributed by atoms with van der Waals surface area (Å²) in [5, 5.41) is 13.2. The van der Waals surface area contributed by atoms with E-state index in [0.717, 1.165) is 22.9 Å². The Morgan fingerprint density at radius 1 is 1.22 bits per heavy atom. The van der Waals surface area contributed by atoms with Crippen molar-refractivity contribution in [2.24, 2.45) is 0 Å². The van der Waals surface area contributed by atoms with Gasteiger partial charge in [0, 0.05) is 17.7 Å². The van der Waals surface area contributed by atoms with Gasteiger partial charge in [-0.05, 0) is 19.1 Å². The zero-order valence-corrected chi connectivity index (χ0v) is 12.2. The molecule has 0 aliphatic rings. The van der Waals surface area contributed by atoms with Crippen molar-refractivity contribution in [2.75, 3.05) is 5.32 Å². The number of ketones is 1. The number of nitro groups is 1. The summed E-state index contributed by atoms with van der Waals surface area (Å²) < 4.78 is 0.934. The summed E-state index contributed by atoms with van der Waals surface area (Å²) >= 11 is 0. The maximum atomic E-state index is 12.0. The molecule has 0 spiro atoms. The van der Waals surface area contributed by atoms with E-state index in [-0.39, 0.29) is 11.5 Å². The lowest BCUT2D eigenvalue weighted by Crippen LogP contribution is -2.27. The van der Waals surface area contributed by atoms with Gasteiger partial charge in [-0.3, -0.25) is 29.1 Å². The summed E-state index contributed by atoms with van der Waals surface area (Å²) in [7, 11) is 0. The molecule has 8 nitrogen and oxygen atoms in total. The molecule has 0 atom stereocenters. The highest BCUT2D eigenvalue weighted by Crippen LogP contribution is 2.15. The molecule has 23 heavy (non-hydrogen) atoms. The lowest BCUT2D eigenvalue weighted by atomic mass is 10.1. The first-order valence-electron chi connectivity index (χ1n) is 6.63. The first kappa shape index (κ1) is 16.1. The van der Waals surface area contributed by atoms with Gasteiger partial charge in [0.25, 0.3) is 11.2 Å². The van der Waals surface area contributed by atoms with Crippen molar-refractivity contribution in [1.82, 2.24) is 4.57 Å². The molecule has 0 aliphatic carbocycles. The lowest BCUT2D eigenvalue weighted by molar-refractivity contribution is -0.385. The molecule has 8 heteroatoms. The van der Waals surface area contributed by atoms with E-state index in [4.69, 9.17) is 0 Å². The molecule has 0 radical (unpaired) electrons. The van der Waals surface area contributed by atoms with Crippen molar-refractivity contribution in [3.8, 4) is 0 Å². The second kappa shape index (κ2) is 6.65. The summed E-state index contributed by atoms with van der Waals surface area (Å²) in [4.78, 5) is 45.3. The number of aromatic nitrogens is 1. The summed E-state index contributed by atoms with van der Waals surface area (Å²) in [6, 6.07) is 8.54. The number of carbonyl (C=O) groups is 2. The van der Waals surface area contributed by atoms with Crippen LogP contribution in [-0.4, -0.2) is 21.2 Å². The van der Waals surface area contributed by atoms with Crippen LogP contribution in [0.1, 0.15) is 17.3 Å². The molecule has 1 aromatic carbocycles. The van der Waals surface area contributed by atoms with Gasteiger partial charge in [0.05, 0.1) is 16.8 Å². The number of nitrogens with one attached hydrogen (secondary N) is 1. The van der Waals surface area contributed by atoms with Crippen LogP contribution in [0.25, 0.3) is 0 Å². The summed E-state index contributed by atoms with van der Waals surface area (Å²) in [5.41, 5.74) is -0.164. The van der Waals surface area contributed by atoms with Gasteiger partial charge in [0.1, 0.15) is 6.54 Å². The molecule has 1 heterocycles. The first-order valence-corrected chi connectivity index (χ1v) is 6.63. The van der Waals surface area contributed by atoms with Crippen LogP contribution in [0.5, 0.6) is 0 Å². The Hall–Kier alpha value is -3.29. The molecule has 2 rings (SSSR count). The predicted molar refractivity (Wildman–Crippen MR) is 82.4 cm³/mol. The topological polar surface area (TPSA) is 111 Å². The maximum absolute atomic E-state index is 12.0. The Labute approximate surface area is 130 Å². The van der Waals surface area contributed by atoms with Crippen molar-refractivity contribution < 1.29 is 14.5 Å². The minimum atomic E-state index is -0.654. The highest BCUT2D eigenvalue weighted by atomic mass is 16.6. The van der Waals surface area contributed by atoms with Gasteiger partial charge in [0.2, 0.25) is 5.91 Å². The average Bonchev–Trinajstić information content (AvgIpc) is 2.49. The highest BCUT2D eigenvalue weighted by Gasteiger charge is 2.13. The number of hydrogen-bond acceptors (Lipinski definition) is 5. The minimum absolute atomic E-state index is 0.214. The number of benzene rings is 1. The Morgan fingerprint density at radius 2 is 1.91 bits per heavy atom. The fraction of sp³-hybridized carbons (Fsp3) is 0.133. The van der Waals surface area contributed by atoms with Crippen LogP contribution in [0.2, 0.25) is 0 Å². The second-order valence-corrected chi connectivity index (χ2v) is 4.76. The molecule has 1 amide bonds. The van der Waals surface area contributed by atoms with Gasteiger partial charge in [0.15, 0.2) is 5.78 Å². The van der Waals surface area contributed by atoms with E-state index >= 15 is 0 Å². The lowest BCUT2D eigenvalue weighted by Gasteiger charge is -2.10. The van der Waals surface area contributed by atoms with E-state index < -0.39 is 22.9 Å². The van der Waals surface area contributed by atoms with Gasteiger partial charge in [-0.2, -0.15) is 0 Å². The van der Waals surface area contributed by atoms with E-state index in [0.29, 0.717) is 11.3 Å². The standard InChI is InChI=1S/C15H13N3O5/c1-10(19)12-4-2-3-5-13(12)16-14(20)9-17-8-11(18(22)23)6-7-15(17)21/h2-8H,9H2,1H3,(H,16,20). The molecular formula is C15H13N3O5. The quantitative estimate of drug-likeness (QED) is 0.511. The number of nitrogens with zero attached hydrogens (tertiary/aromatic N) is 2.